The number of nitrogens with zero attached hydrogens (tertiary/aromatic N) is 2. The first-order chi connectivity index (χ1) is 16.4. The van der Waals surface area contributed by atoms with E-state index >= 15 is 0 Å². The highest BCUT2D eigenvalue weighted by molar-refractivity contribution is 8.18. The summed E-state index contributed by atoms with van der Waals surface area (Å²) >= 11 is 2.10. The highest BCUT2D eigenvalue weighted by atomic mass is 32.2. The zero-order valence-corrected chi connectivity index (χ0v) is 19.5. The molecule has 0 bridgehead atoms. The third-order valence-electron chi connectivity index (χ3n) is 4.92. The van der Waals surface area contributed by atoms with E-state index in [0.29, 0.717) is 21.7 Å². The average molecular weight is 491 g/mol. The van der Waals surface area contributed by atoms with E-state index < -0.39 is 17.1 Å². The van der Waals surface area contributed by atoms with Crippen LogP contribution < -0.4 is 5.32 Å². The standard InChI is InChI=1S/C24H18N4O4S2/c1-14-5-4-6-15(11-14)25-20(29)13-28-22(30)19(33-24(28)31)12-16-9-10-21(32-16)34-23-26-17-7-2-3-8-18(17)27-23/h2-12H,13H2,1H3,(H,25,29)(H,26,27)/b19-12-. The van der Waals surface area contributed by atoms with E-state index in [9.17, 15) is 14.4 Å². The number of hydrogen-bond donors (Lipinski definition) is 2. The van der Waals surface area contributed by atoms with Crippen molar-refractivity contribution in [2.45, 2.75) is 17.2 Å². The number of carbonyl (C=O) groups is 3. The Morgan fingerprint density at radius 3 is 2.85 bits per heavy atom. The fraction of sp³-hybridized carbons (Fsp3) is 0.0833. The zero-order chi connectivity index (χ0) is 23.7. The number of imidazole rings is 1. The lowest BCUT2D eigenvalue weighted by Gasteiger charge is -2.12. The van der Waals surface area contributed by atoms with Crippen molar-refractivity contribution >= 4 is 63.4 Å². The lowest BCUT2D eigenvalue weighted by Crippen LogP contribution is -2.36. The van der Waals surface area contributed by atoms with Crippen LogP contribution in [0.15, 0.2) is 80.2 Å². The highest BCUT2D eigenvalue weighted by Crippen LogP contribution is 2.34. The summed E-state index contributed by atoms with van der Waals surface area (Å²) in [6.45, 7) is 1.55. The van der Waals surface area contributed by atoms with Crippen LogP contribution in [0, 0.1) is 6.92 Å². The number of rotatable bonds is 6. The lowest BCUT2D eigenvalue weighted by molar-refractivity contribution is -0.127. The number of anilines is 1. The molecule has 5 rings (SSSR count). The van der Waals surface area contributed by atoms with Crippen LogP contribution in [0.25, 0.3) is 17.1 Å². The number of aromatic amines is 1. The van der Waals surface area contributed by atoms with Crippen LogP contribution in [0.3, 0.4) is 0 Å². The van der Waals surface area contributed by atoms with Crippen molar-refractivity contribution in [3.05, 3.63) is 76.9 Å². The first-order valence-corrected chi connectivity index (χ1v) is 11.9. The number of thioether (sulfide) groups is 1. The van der Waals surface area contributed by atoms with Gasteiger partial charge in [0, 0.05) is 11.8 Å². The molecule has 0 saturated carbocycles. The SMILES string of the molecule is Cc1cccc(NC(=O)CN2C(=O)S/C(=C\c3ccc(Sc4nc5ccccc5[nH]4)o3)C2=O)c1. The van der Waals surface area contributed by atoms with Gasteiger partial charge in [-0.25, -0.2) is 4.98 Å². The molecule has 1 fully saturated rings. The maximum Gasteiger partial charge on any atom is 0.294 e. The lowest BCUT2D eigenvalue weighted by atomic mass is 10.2. The molecule has 2 aromatic carbocycles. The minimum Gasteiger partial charge on any atom is -0.450 e. The van der Waals surface area contributed by atoms with Gasteiger partial charge in [-0.1, -0.05) is 24.3 Å². The number of aryl methyl sites for hydroxylation is 1. The second kappa shape index (κ2) is 9.24. The Kier molecular flexibility index (Phi) is 5.99. The number of H-pyrrole nitrogens is 1. The number of nitrogens with one attached hydrogen (secondary N) is 2. The number of furan rings is 1. The van der Waals surface area contributed by atoms with Gasteiger partial charge in [-0.2, -0.15) is 0 Å². The summed E-state index contributed by atoms with van der Waals surface area (Å²) in [5.41, 5.74) is 3.38. The number of para-hydroxylation sites is 2. The van der Waals surface area contributed by atoms with E-state index in [0.717, 1.165) is 33.3 Å². The summed E-state index contributed by atoms with van der Waals surface area (Å²) in [6.07, 6.45) is 1.51. The third kappa shape index (κ3) is 4.78. The van der Waals surface area contributed by atoms with E-state index in [2.05, 4.69) is 15.3 Å². The predicted octanol–water partition coefficient (Wildman–Crippen LogP) is 5.29. The number of amides is 3. The molecule has 1 aliphatic heterocycles. The highest BCUT2D eigenvalue weighted by Gasteiger charge is 2.36. The molecule has 170 valence electrons. The van der Waals surface area contributed by atoms with Crippen LogP contribution in [-0.4, -0.2) is 38.5 Å². The summed E-state index contributed by atoms with van der Waals surface area (Å²) in [5, 5.41) is 3.47. The number of imide groups is 1. The molecule has 4 aromatic rings. The Bertz CT molecular complexity index is 1420. The number of benzene rings is 2. The van der Waals surface area contributed by atoms with Gasteiger partial charge in [-0.15, -0.1) is 0 Å². The van der Waals surface area contributed by atoms with Gasteiger partial charge in [0.05, 0.1) is 15.9 Å². The number of fused-ring (bicyclic) bond motifs is 1. The predicted molar refractivity (Wildman–Crippen MR) is 131 cm³/mol. The van der Waals surface area contributed by atoms with Gasteiger partial charge in [-0.3, -0.25) is 19.3 Å². The Morgan fingerprint density at radius 2 is 2.03 bits per heavy atom. The molecule has 1 aliphatic rings. The largest absolute Gasteiger partial charge is 0.450 e. The van der Waals surface area contributed by atoms with Gasteiger partial charge >= 0.3 is 0 Å². The van der Waals surface area contributed by atoms with Crippen molar-refractivity contribution in [3.63, 3.8) is 0 Å². The van der Waals surface area contributed by atoms with Gasteiger partial charge in [0.25, 0.3) is 11.1 Å². The molecule has 3 heterocycles. The Labute approximate surface area is 202 Å². The molecule has 1 saturated heterocycles. The van der Waals surface area contributed by atoms with E-state index in [1.807, 2.05) is 49.4 Å². The van der Waals surface area contributed by atoms with Gasteiger partial charge in [-0.05, 0) is 72.4 Å². The summed E-state index contributed by atoms with van der Waals surface area (Å²) in [5.74, 6) is -0.553. The first-order valence-electron chi connectivity index (χ1n) is 10.3. The molecule has 8 nitrogen and oxygen atoms in total. The fourth-order valence-corrected chi connectivity index (χ4v) is 4.96. The molecule has 0 atom stereocenters. The minimum absolute atomic E-state index is 0.197. The van der Waals surface area contributed by atoms with Crippen molar-refractivity contribution in [2.75, 3.05) is 11.9 Å². The van der Waals surface area contributed by atoms with Crippen molar-refractivity contribution < 1.29 is 18.8 Å². The topological polar surface area (TPSA) is 108 Å². The molecule has 34 heavy (non-hydrogen) atoms. The molecule has 0 unspecified atom stereocenters. The van der Waals surface area contributed by atoms with Crippen LogP contribution in [0.4, 0.5) is 10.5 Å². The minimum atomic E-state index is -0.530. The van der Waals surface area contributed by atoms with Crippen molar-refractivity contribution in [1.82, 2.24) is 14.9 Å². The van der Waals surface area contributed by atoms with Crippen LogP contribution in [0.5, 0.6) is 0 Å². The molecule has 0 spiro atoms. The van der Waals surface area contributed by atoms with Crippen LogP contribution >= 0.6 is 23.5 Å². The normalized spacial score (nSPS) is 15.0. The number of carbonyl (C=O) groups excluding carboxylic acids is 3. The van der Waals surface area contributed by atoms with Crippen molar-refractivity contribution in [2.24, 2.45) is 0 Å². The van der Waals surface area contributed by atoms with Crippen LogP contribution in [0.1, 0.15) is 11.3 Å². The van der Waals surface area contributed by atoms with E-state index in [1.165, 1.54) is 17.8 Å². The Morgan fingerprint density at radius 1 is 1.18 bits per heavy atom. The summed E-state index contributed by atoms with van der Waals surface area (Å²) in [4.78, 5) is 46.3. The molecule has 0 aliphatic carbocycles. The summed E-state index contributed by atoms with van der Waals surface area (Å²) < 4.78 is 5.79. The van der Waals surface area contributed by atoms with E-state index in [-0.39, 0.29) is 11.4 Å². The molecule has 3 amide bonds. The van der Waals surface area contributed by atoms with Gasteiger partial charge in [0.1, 0.15) is 12.3 Å². The van der Waals surface area contributed by atoms with E-state index in [4.69, 9.17) is 4.42 Å². The van der Waals surface area contributed by atoms with Gasteiger partial charge in [0.15, 0.2) is 10.2 Å². The summed E-state index contributed by atoms with van der Waals surface area (Å²) in [7, 11) is 0. The Hall–Kier alpha value is -3.76. The molecule has 10 heteroatoms. The quantitative estimate of drug-likeness (QED) is 0.354. The van der Waals surface area contributed by atoms with Crippen molar-refractivity contribution in [3.8, 4) is 0 Å². The summed E-state index contributed by atoms with van der Waals surface area (Å²) in [6, 6.07) is 18.5. The molecular weight excluding hydrogens is 472 g/mol. The van der Waals surface area contributed by atoms with Gasteiger partial charge in [0.2, 0.25) is 5.91 Å². The van der Waals surface area contributed by atoms with Crippen LogP contribution in [0.2, 0.25) is 0 Å². The maximum absolute atomic E-state index is 12.7. The van der Waals surface area contributed by atoms with E-state index in [1.54, 1.807) is 18.2 Å². The number of hydrogen-bond acceptors (Lipinski definition) is 7. The average Bonchev–Trinajstić information content (AvgIpc) is 3.48. The fourth-order valence-electron chi connectivity index (χ4n) is 3.37. The monoisotopic (exact) mass is 490 g/mol. The van der Waals surface area contributed by atoms with Crippen molar-refractivity contribution in [1.29, 1.82) is 0 Å². The third-order valence-corrected chi connectivity index (χ3v) is 6.63. The maximum atomic E-state index is 12.7. The molecular formula is C24H18N4O4S2. The number of aromatic nitrogens is 2. The van der Waals surface area contributed by atoms with Crippen LogP contribution in [-0.2, 0) is 9.59 Å². The zero-order valence-electron chi connectivity index (χ0n) is 17.9. The molecule has 0 radical (unpaired) electrons. The Balaban J connectivity index is 1.24. The second-order valence-electron chi connectivity index (χ2n) is 7.50. The molecule has 2 N–H and O–H groups in total. The molecule has 2 aromatic heterocycles. The smallest absolute Gasteiger partial charge is 0.294 e. The second-order valence-corrected chi connectivity index (χ2v) is 9.49. The van der Waals surface area contributed by atoms with Gasteiger partial charge < -0.3 is 14.7 Å². The first kappa shape index (κ1) is 22.1.